The van der Waals surface area contributed by atoms with Crippen LogP contribution in [0.4, 0.5) is 27.5 Å². The molecular weight excluding hydrogens is 532 g/mol. The zero-order chi connectivity index (χ0) is 29.9. The number of esters is 1. The summed E-state index contributed by atoms with van der Waals surface area (Å²) in [6, 6.07) is 6.01. The molecule has 0 saturated carbocycles. The second kappa shape index (κ2) is 14.2. The number of nitrogens with two attached hydrogens (primary N) is 3. The molecule has 0 radical (unpaired) electrons. The van der Waals surface area contributed by atoms with Crippen LogP contribution in [0.2, 0.25) is 0 Å². The van der Waals surface area contributed by atoms with Gasteiger partial charge in [0.1, 0.15) is 29.5 Å². The average Bonchev–Trinajstić information content (AvgIpc) is 2.91. The van der Waals surface area contributed by atoms with E-state index in [4.69, 9.17) is 36.5 Å². The molecule has 1 aliphatic heterocycles. The van der Waals surface area contributed by atoms with Gasteiger partial charge in [0, 0.05) is 44.1 Å². The Morgan fingerprint density at radius 3 is 2.12 bits per heavy atom. The third-order valence-corrected chi connectivity index (χ3v) is 6.19. The zero-order valence-electron chi connectivity index (χ0n) is 22.9. The largest absolute Gasteiger partial charge is 0.494 e. The van der Waals surface area contributed by atoms with Crippen LogP contribution >= 0.6 is 0 Å². The minimum Gasteiger partial charge on any atom is -0.494 e. The van der Waals surface area contributed by atoms with E-state index in [-0.39, 0.29) is 29.3 Å². The van der Waals surface area contributed by atoms with E-state index < -0.39 is 18.0 Å². The number of rotatable bonds is 12. The highest BCUT2D eigenvalue weighted by atomic mass is 16.5. The van der Waals surface area contributed by atoms with Crippen molar-refractivity contribution in [1.29, 1.82) is 0 Å². The van der Waals surface area contributed by atoms with Crippen LogP contribution in [0.25, 0.3) is 0 Å². The maximum atomic E-state index is 11.8. The van der Waals surface area contributed by atoms with Crippen LogP contribution in [-0.4, -0.2) is 75.0 Å². The van der Waals surface area contributed by atoms with Gasteiger partial charge in [0.25, 0.3) is 0 Å². The first-order valence-electron chi connectivity index (χ1n) is 12.6. The maximum absolute atomic E-state index is 11.8. The highest BCUT2D eigenvalue weighted by Gasteiger charge is 2.29. The lowest BCUT2D eigenvalue weighted by atomic mass is 9.97. The highest BCUT2D eigenvalue weighted by Crippen LogP contribution is 2.33. The average molecular weight is 567 g/mol. The summed E-state index contributed by atoms with van der Waals surface area (Å²) >= 11 is 0. The van der Waals surface area contributed by atoms with Crippen LogP contribution in [0.5, 0.6) is 11.5 Å². The van der Waals surface area contributed by atoms with Gasteiger partial charge in [0.05, 0.1) is 31.2 Å². The Labute approximate surface area is 237 Å². The fraction of sp³-hybridized carbons (Fsp3) is 0.321. The number of nitrogens with one attached hydrogen (secondary N) is 2. The molecule has 218 valence electrons. The van der Waals surface area contributed by atoms with E-state index in [1.165, 1.54) is 37.3 Å². The van der Waals surface area contributed by atoms with Crippen LogP contribution in [0.1, 0.15) is 27.1 Å². The van der Waals surface area contributed by atoms with Crippen LogP contribution in [0.15, 0.2) is 36.4 Å². The van der Waals surface area contributed by atoms with Gasteiger partial charge >= 0.3 is 12.1 Å². The molecule has 0 spiro atoms. The fourth-order valence-corrected chi connectivity index (χ4v) is 4.03. The number of methoxy groups -OCH3 is 2. The number of likely N-dealkylation sites (tertiary alicyclic amines) is 1. The molecule has 13 heteroatoms. The Morgan fingerprint density at radius 2 is 1.56 bits per heavy atom. The number of nitrogens with zero attached hydrogens (tertiary/aromatic N) is 1. The van der Waals surface area contributed by atoms with Crippen molar-refractivity contribution >= 4 is 40.7 Å². The molecule has 0 unspecified atom stereocenters. The van der Waals surface area contributed by atoms with Gasteiger partial charge in [-0.05, 0) is 24.3 Å². The number of anilines is 4. The third kappa shape index (κ3) is 8.12. The Morgan fingerprint density at radius 1 is 0.976 bits per heavy atom. The summed E-state index contributed by atoms with van der Waals surface area (Å²) < 4.78 is 15.9. The molecule has 1 saturated heterocycles. The van der Waals surface area contributed by atoms with Crippen molar-refractivity contribution in [2.24, 2.45) is 11.7 Å². The molecule has 0 atom stereocenters. The molecule has 9 N–H and O–H groups in total. The van der Waals surface area contributed by atoms with Gasteiger partial charge in [-0.3, -0.25) is 4.79 Å². The first kappa shape index (κ1) is 30.3. The Kier molecular flexibility index (Phi) is 10.5. The van der Waals surface area contributed by atoms with E-state index in [1.807, 2.05) is 12.2 Å². The van der Waals surface area contributed by atoms with Crippen molar-refractivity contribution in [1.82, 2.24) is 4.90 Å². The van der Waals surface area contributed by atoms with Crippen LogP contribution in [0, 0.1) is 17.8 Å². The summed E-state index contributed by atoms with van der Waals surface area (Å²) in [6.07, 6.45) is 3.34. The molecule has 0 aromatic heterocycles. The molecule has 2 amide bonds. The summed E-state index contributed by atoms with van der Waals surface area (Å²) in [5, 5.41) is 15.2. The molecule has 41 heavy (non-hydrogen) atoms. The summed E-state index contributed by atoms with van der Waals surface area (Å²) in [5.41, 5.74) is 19.8. The van der Waals surface area contributed by atoms with Gasteiger partial charge in [-0.25, -0.2) is 9.59 Å². The van der Waals surface area contributed by atoms with Gasteiger partial charge in [-0.2, -0.15) is 0 Å². The standard InChI is InChI=1S/C28H34N6O7/c1-39-22-14-19(27(36)40-2)12-21(30)24(22)32-8-4-5-9-33-25-20(29)11-18(26(31)35)13-23(25)41-10-6-3-7-17-15-34(16-17)28(37)38/h4-5,11-14,17,32-33H,7-10,15-16,29-30H2,1-2H3,(H2,31,35)(H,37,38)/b5-4+. The molecule has 2 aromatic rings. The summed E-state index contributed by atoms with van der Waals surface area (Å²) in [4.78, 5) is 35.7. The molecule has 0 bridgehead atoms. The highest BCUT2D eigenvalue weighted by molar-refractivity contribution is 5.96. The van der Waals surface area contributed by atoms with Gasteiger partial charge in [0.15, 0.2) is 0 Å². The molecule has 0 aliphatic carbocycles. The van der Waals surface area contributed by atoms with E-state index in [1.54, 1.807) is 6.07 Å². The zero-order valence-corrected chi connectivity index (χ0v) is 22.9. The Balaban J connectivity index is 1.57. The Hall–Kier alpha value is -5.25. The van der Waals surface area contributed by atoms with Gasteiger partial charge in [0.2, 0.25) is 5.91 Å². The summed E-state index contributed by atoms with van der Waals surface area (Å²) in [6.45, 7) is 1.77. The second-order valence-electron chi connectivity index (χ2n) is 9.07. The number of carbonyl (C=O) groups is 3. The molecule has 13 nitrogen and oxygen atoms in total. The van der Waals surface area contributed by atoms with Crippen molar-refractivity contribution < 1.29 is 33.7 Å². The summed E-state index contributed by atoms with van der Waals surface area (Å²) in [5.74, 6) is 5.67. The van der Waals surface area contributed by atoms with E-state index in [0.717, 1.165) is 0 Å². The molecule has 1 fully saturated rings. The number of primary amides is 1. The first-order chi connectivity index (χ1) is 19.6. The Bertz CT molecular complexity index is 1380. The number of nitrogen functional groups attached to an aromatic ring is 2. The minimum atomic E-state index is -0.924. The molecule has 1 aliphatic rings. The van der Waals surface area contributed by atoms with Gasteiger partial charge < -0.3 is 52.1 Å². The SMILES string of the molecule is COC(=O)c1cc(N)c(NC/C=C/CNc2c(N)cc(C(N)=O)cc2OCC#CCC2CN(C(=O)O)C2)c(OC)c1. The van der Waals surface area contributed by atoms with E-state index in [9.17, 15) is 14.4 Å². The number of amides is 2. The maximum Gasteiger partial charge on any atom is 0.407 e. The molecule has 2 aromatic carbocycles. The number of carbonyl (C=O) groups excluding carboxylic acids is 2. The molecule has 3 rings (SSSR count). The summed E-state index contributed by atoms with van der Waals surface area (Å²) in [7, 11) is 2.76. The quantitative estimate of drug-likeness (QED) is 0.0950. The first-order valence-corrected chi connectivity index (χ1v) is 12.6. The van der Waals surface area contributed by atoms with Crippen molar-refractivity contribution in [2.75, 3.05) is 69.1 Å². The lowest BCUT2D eigenvalue weighted by molar-refractivity contribution is 0.0600. The normalized spacial score (nSPS) is 12.6. The number of hydrogen-bond acceptors (Lipinski definition) is 10. The number of benzene rings is 2. The lowest BCUT2D eigenvalue weighted by Crippen LogP contribution is -2.49. The number of carboxylic acid groups (broad SMARTS) is 1. The number of hydrogen-bond donors (Lipinski definition) is 6. The fourth-order valence-electron chi connectivity index (χ4n) is 4.03. The molecular formula is C28H34N6O7. The van der Waals surface area contributed by atoms with Crippen molar-refractivity contribution in [3.63, 3.8) is 0 Å². The van der Waals surface area contributed by atoms with E-state index in [0.29, 0.717) is 61.2 Å². The van der Waals surface area contributed by atoms with E-state index in [2.05, 4.69) is 22.5 Å². The predicted molar refractivity (Wildman–Crippen MR) is 155 cm³/mol. The van der Waals surface area contributed by atoms with E-state index >= 15 is 0 Å². The van der Waals surface area contributed by atoms with Gasteiger partial charge in [-0.15, -0.1) is 0 Å². The molecule has 1 heterocycles. The topological polar surface area (TPSA) is 204 Å². The van der Waals surface area contributed by atoms with Crippen LogP contribution in [-0.2, 0) is 4.74 Å². The second-order valence-corrected chi connectivity index (χ2v) is 9.07. The van der Waals surface area contributed by atoms with Gasteiger partial charge in [-0.1, -0.05) is 24.0 Å². The monoisotopic (exact) mass is 566 g/mol. The minimum absolute atomic E-state index is 0.0451. The predicted octanol–water partition coefficient (Wildman–Crippen LogP) is 2.21. The van der Waals surface area contributed by atoms with Crippen molar-refractivity contribution in [3.05, 3.63) is 47.5 Å². The number of ether oxygens (including phenoxy) is 3. The van der Waals surface area contributed by atoms with Crippen molar-refractivity contribution in [2.45, 2.75) is 6.42 Å². The third-order valence-electron chi connectivity index (χ3n) is 6.19. The van der Waals surface area contributed by atoms with Crippen molar-refractivity contribution in [3.8, 4) is 23.3 Å². The lowest BCUT2D eigenvalue weighted by Gasteiger charge is -2.35. The smallest absolute Gasteiger partial charge is 0.407 e. The van der Waals surface area contributed by atoms with Crippen LogP contribution in [0.3, 0.4) is 0 Å². The van der Waals surface area contributed by atoms with Crippen LogP contribution < -0.4 is 37.3 Å².